The van der Waals surface area contributed by atoms with Crippen LogP contribution in [0.25, 0.3) is 0 Å². The second-order valence-electron chi connectivity index (χ2n) is 3.71. The highest BCUT2D eigenvalue weighted by Gasteiger charge is 1.98. The minimum atomic E-state index is -0.128. The summed E-state index contributed by atoms with van der Waals surface area (Å²) in [6.45, 7) is 1.26. The number of hydrogen-bond donors (Lipinski definition) is 2. The van der Waals surface area contributed by atoms with E-state index in [1.54, 1.807) is 0 Å². The van der Waals surface area contributed by atoms with Crippen molar-refractivity contribution in [3.63, 3.8) is 0 Å². The molecule has 0 aliphatic heterocycles. The molecule has 0 bridgehead atoms. The second-order valence-corrected chi connectivity index (χ2v) is 4.62. The Morgan fingerprint density at radius 3 is 2.94 bits per heavy atom. The third-order valence-corrected chi connectivity index (χ3v) is 2.75. The van der Waals surface area contributed by atoms with Gasteiger partial charge in [0, 0.05) is 17.5 Å². The second kappa shape index (κ2) is 8.22. The Bertz CT molecular complexity index is 358. The summed E-state index contributed by atoms with van der Waals surface area (Å²) < 4.78 is 6.56. The fraction of sp³-hybridized carbons (Fsp3) is 0.417. The van der Waals surface area contributed by atoms with E-state index < -0.39 is 0 Å². The van der Waals surface area contributed by atoms with Crippen molar-refractivity contribution in [1.82, 2.24) is 5.43 Å². The number of rotatable bonds is 7. The first kappa shape index (κ1) is 14.2. The van der Waals surface area contributed by atoms with Crippen LogP contribution in [0.5, 0.6) is 0 Å². The zero-order chi connectivity index (χ0) is 12.5. The summed E-state index contributed by atoms with van der Waals surface area (Å²) in [6, 6.07) is 8.01. The van der Waals surface area contributed by atoms with E-state index in [1.165, 1.54) is 0 Å². The molecule has 1 aromatic rings. The van der Waals surface area contributed by atoms with Crippen LogP contribution in [0.15, 0.2) is 28.7 Å². The molecule has 0 aromatic heterocycles. The standard InChI is InChI=1S/C12H17BrN2O2/c13-11-5-3-4-10(8-11)9-17-7-2-1-6-12(16)15-14/h3-5,8H,1-2,6-7,9,14H2,(H,15,16). The van der Waals surface area contributed by atoms with Gasteiger partial charge in [-0.1, -0.05) is 28.1 Å². The van der Waals surface area contributed by atoms with Crippen molar-refractivity contribution in [3.05, 3.63) is 34.3 Å². The third kappa shape index (κ3) is 6.41. The van der Waals surface area contributed by atoms with E-state index in [0.29, 0.717) is 19.6 Å². The first-order chi connectivity index (χ1) is 8.22. The Kier molecular flexibility index (Phi) is 6.84. The highest BCUT2D eigenvalue weighted by Crippen LogP contribution is 2.12. The number of nitrogens with one attached hydrogen (secondary N) is 1. The summed E-state index contributed by atoms with van der Waals surface area (Å²) in [5.41, 5.74) is 3.24. The fourth-order valence-electron chi connectivity index (χ4n) is 1.38. The van der Waals surface area contributed by atoms with Crippen LogP contribution in [0.2, 0.25) is 0 Å². The Morgan fingerprint density at radius 2 is 2.24 bits per heavy atom. The van der Waals surface area contributed by atoms with Crippen molar-refractivity contribution in [1.29, 1.82) is 0 Å². The Morgan fingerprint density at radius 1 is 1.41 bits per heavy atom. The molecule has 1 aromatic carbocycles. The van der Waals surface area contributed by atoms with Crippen molar-refractivity contribution >= 4 is 21.8 Å². The van der Waals surface area contributed by atoms with Crippen molar-refractivity contribution in [3.8, 4) is 0 Å². The van der Waals surface area contributed by atoms with E-state index in [1.807, 2.05) is 24.3 Å². The number of hydrogen-bond acceptors (Lipinski definition) is 3. The van der Waals surface area contributed by atoms with Crippen molar-refractivity contribution < 1.29 is 9.53 Å². The van der Waals surface area contributed by atoms with Gasteiger partial charge < -0.3 is 4.74 Å². The molecule has 5 heteroatoms. The van der Waals surface area contributed by atoms with Crippen molar-refractivity contribution in [2.75, 3.05) is 6.61 Å². The van der Waals surface area contributed by atoms with E-state index in [2.05, 4.69) is 21.4 Å². The maximum absolute atomic E-state index is 10.8. The van der Waals surface area contributed by atoms with E-state index >= 15 is 0 Å². The number of carbonyl (C=O) groups excluding carboxylic acids is 1. The van der Waals surface area contributed by atoms with Gasteiger partial charge in [-0.25, -0.2) is 5.84 Å². The normalized spacial score (nSPS) is 10.2. The highest BCUT2D eigenvalue weighted by atomic mass is 79.9. The molecule has 17 heavy (non-hydrogen) atoms. The van der Waals surface area contributed by atoms with Gasteiger partial charge in [-0.15, -0.1) is 0 Å². The molecule has 0 radical (unpaired) electrons. The fourth-order valence-corrected chi connectivity index (χ4v) is 1.83. The van der Waals surface area contributed by atoms with E-state index in [9.17, 15) is 4.79 Å². The molecule has 4 nitrogen and oxygen atoms in total. The van der Waals surface area contributed by atoms with Crippen LogP contribution in [0.1, 0.15) is 24.8 Å². The Hall–Kier alpha value is -0.910. The van der Waals surface area contributed by atoms with Gasteiger partial charge in [0.1, 0.15) is 0 Å². The minimum absolute atomic E-state index is 0.128. The molecule has 0 aliphatic rings. The van der Waals surface area contributed by atoms with Gasteiger partial charge in [-0.3, -0.25) is 10.2 Å². The molecule has 0 spiro atoms. The van der Waals surface area contributed by atoms with E-state index in [-0.39, 0.29) is 5.91 Å². The molecular weight excluding hydrogens is 284 g/mol. The predicted molar refractivity (Wildman–Crippen MR) is 70.0 cm³/mol. The van der Waals surface area contributed by atoms with Crippen LogP contribution < -0.4 is 11.3 Å². The van der Waals surface area contributed by atoms with Crippen LogP contribution in [-0.2, 0) is 16.1 Å². The molecule has 0 unspecified atom stereocenters. The van der Waals surface area contributed by atoms with Gasteiger partial charge in [0.2, 0.25) is 5.91 Å². The Labute approximate surface area is 110 Å². The average Bonchev–Trinajstić information content (AvgIpc) is 2.33. The number of unbranched alkanes of at least 4 members (excludes halogenated alkanes) is 1. The van der Waals surface area contributed by atoms with Crippen LogP contribution >= 0.6 is 15.9 Å². The van der Waals surface area contributed by atoms with E-state index in [4.69, 9.17) is 10.6 Å². The molecule has 0 heterocycles. The lowest BCUT2D eigenvalue weighted by atomic mass is 10.2. The van der Waals surface area contributed by atoms with Crippen LogP contribution in [0, 0.1) is 0 Å². The van der Waals surface area contributed by atoms with Crippen molar-refractivity contribution in [2.45, 2.75) is 25.9 Å². The summed E-state index contributed by atoms with van der Waals surface area (Å²) in [5, 5.41) is 0. The van der Waals surface area contributed by atoms with Crippen LogP contribution in [-0.4, -0.2) is 12.5 Å². The molecule has 0 fully saturated rings. The molecule has 1 amide bonds. The van der Waals surface area contributed by atoms with Crippen molar-refractivity contribution in [2.24, 2.45) is 5.84 Å². The summed E-state index contributed by atoms with van der Waals surface area (Å²) in [7, 11) is 0. The molecular formula is C12H17BrN2O2. The first-order valence-corrected chi connectivity index (χ1v) is 6.33. The van der Waals surface area contributed by atoms with Gasteiger partial charge in [-0.05, 0) is 30.5 Å². The summed E-state index contributed by atoms with van der Waals surface area (Å²) in [6.07, 6.45) is 2.11. The average molecular weight is 301 g/mol. The number of nitrogens with two attached hydrogens (primary N) is 1. The predicted octanol–water partition coefficient (Wildman–Crippen LogP) is 2.13. The molecule has 0 saturated carbocycles. The summed E-state index contributed by atoms with van der Waals surface area (Å²) in [4.78, 5) is 10.8. The SMILES string of the molecule is NNC(=O)CCCCOCc1cccc(Br)c1. The quantitative estimate of drug-likeness (QED) is 0.351. The van der Waals surface area contributed by atoms with Gasteiger partial charge in [0.15, 0.2) is 0 Å². The number of amides is 1. The number of benzene rings is 1. The number of carbonyl (C=O) groups is 1. The zero-order valence-electron chi connectivity index (χ0n) is 9.62. The number of ether oxygens (including phenoxy) is 1. The number of halogens is 1. The summed E-state index contributed by atoms with van der Waals surface area (Å²) in [5.74, 6) is 4.84. The molecule has 0 atom stereocenters. The van der Waals surface area contributed by atoms with Crippen LogP contribution in [0.3, 0.4) is 0 Å². The minimum Gasteiger partial charge on any atom is -0.377 e. The lowest BCUT2D eigenvalue weighted by Crippen LogP contribution is -2.29. The highest BCUT2D eigenvalue weighted by molar-refractivity contribution is 9.10. The molecule has 0 saturated heterocycles. The van der Waals surface area contributed by atoms with Crippen LogP contribution in [0.4, 0.5) is 0 Å². The van der Waals surface area contributed by atoms with Gasteiger partial charge in [0.05, 0.1) is 6.61 Å². The molecule has 1 rings (SSSR count). The lowest BCUT2D eigenvalue weighted by Gasteiger charge is -2.04. The molecule has 94 valence electrons. The molecule has 3 N–H and O–H groups in total. The van der Waals surface area contributed by atoms with Gasteiger partial charge >= 0.3 is 0 Å². The smallest absolute Gasteiger partial charge is 0.233 e. The zero-order valence-corrected chi connectivity index (χ0v) is 11.2. The molecule has 0 aliphatic carbocycles. The summed E-state index contributed by atoms with van der Waals surface area (Å²) >= 11 is 3.41. The lowest BCUT2D eigenvalue weighted by molar-refractivity contribution is -0.121. The van der Waals surface area contributed by atoms with E-state index in [0.717, 1.165) is 22.9 Å². The topological polar surface area (TPSA) is 64.3 Å². The maximum atomic E-state index is 10.8. The van der Waals surface area contributed by atoms with Gasteiger partial charge in [0.25, 0.3) is 0 Å². The Balaban J connectivity index is 2.06. The maximum Gasteiger partial charge on any atom is 0.233 e. The third-order valence-electron chi connectivity index (χ3n) is 2.26. The number of hydrazine groups is 1. The monoisotopic (exact) mass is 300 g/mol. The first-order valence-electron chi connectivity index (χ1n) is 5.54. The largest absolute Gasteiger partial charge is 0.377 e. The van der Waals surface area contributed by atoms with Gasteiger partial charge in [-0.2, -0.15) is 0 Å².